The standard InChI is InChI=1S/C24H23F3N6O2/c1-32-20(15-34-19-7-5-6-18(14-19)24(25,26)27)28-29-21(32)16-8-10-17(11-9-16)22-30-31-23(35-22)33-12-3-2-4-13-33/h5-11,14H,2-4,12-13,15H2,1H3. The van der Waals surface area contributed by atoms with Crippen molar-refractivity contribution >= 4 is 6.01 Å². The van der Waals surface area contributed by atoms with E-state index < -0.39 is 11.7 Å². The van der Waals surface area contributed by atoms with Crippen LogP contribution in [-0.4, -0.2) is 38.1 Å². The molecule has 2 aromatic carbocycles. The van der Waals surface area contributed by atoms with E-state index >= 15 is 0 Å². The molecule has 1 saturated heterocycles. The van der Waals surface area contributed by atoms with Crippen LogP contribution in [0.1, 0.15) is 30.7 Å². The van der Waals surface area contributed by atoms with Crippen LogP contribution in [0.2, 0.25) is 0 Å². The maximum atomic E-state index is 12.9. The van der Waals surface area contributed by atoms with Gasteiger partial charge >= 0.3 is 12.2 Å². The van der Waals surface area contributed by atoms with E-state index in [1.807, 2.05) is 24.3 Å². The summed E-state index contributed by atoms with van der Waals surface area (Å²) in [7, 11) is 1.77. The van der Waals surface area contributed by atoms with Crippen molar-refractivity contribution in [2.24, 2.45) is 7.05 Å². The number of halogens is 3. The molecule has 0 radical (unpaired) electrons. The Bertz CT molecular complexity index is 1290. The molecular formula is C24H23F3N6O2. The number of nitrogens with zero attached hydrogens (tertiary/aromatic N) is 6. The Balaban J connectivity index is 1.27. The predicted octanol–water partition coefficient (Wildman–Crippen LogP) is 5.12. The van der Waals surface area contributed by atoms with E-state index in [0.29, 0.717) is 23.6 Å². The van der Waals surface area contributed by atoms with E-state index in [9.17, 15) is 13.2 Å². The highest BCUT2D eigenvalue weighted by atomic mass is 19.4. The molecule has 0 spiro atoms. The van der Waals surface area contributed by atoms with Gasteiger partial charge in [-0.15, -0.1) is 15.3 Å². The first-order chi connectivity index (χ1) is 16.9. The molecule has 0 bridgehead atoms. The zero-order chi connectivity index (χ0) is 24.4. The number of ether oxygens (including phenoxy) is 1. The fourth-order valence-corrected chi connectivity index (χ4v) is 3.96. The summed E-state index contributed by atoms with van der Waals surface area (Å²) < 4.78 is 51.9. The van der Waals surface area contributed by atoms with Gasteiger partial charge < -0.3 is 18.6 Å². The Morgan fingerprint density at radius 2 is 1.66 bits per heavy atom. The molecule has 1 aliphatic rings. The van der Waals surface area contributed by atoms with Crippen molar-refractivity contribution in [1.29, 1.82) is 0 Å². The molecule has 0 atom stereocenters. The second-order valence-electron chi connectivity index (χ2n) is 8.33. The van der Waals surface area contributed by atoms with Crippen LogP contribution in [0, 0.1) is 0 Å². The Hall–Kier alpha value is -3.89. The molecule has 1 aliphatic heterocycles. The highest BCUT2D eigenvalue weighted by Gasteiger charge is 2.30. The van der Waals surface area contributed by atoms with E-state index in [-0.39, 0.29) is 12.4 Å². The van der Waals surface area contributed by atoms with Gasteiger partial charge in [0, 0.05) is 31.3 Å². The SMILES string of the molecule is Cn1c(COc2cccc(C(F)(F)F)c2)nnc1-c1ccc(-c2nnc(N3CCCCC3)o2)cc1. The third-order valence-corrected chi connectivity index (χ3v) is 5.93. The van der Waals surface area contributed by atoms with Crippen LogP contribution in [-0.2, 0) is 19.8 Å². The summed E-state index contributed by atoms with van der Waals surface area (Å²) in [5.74, 6) is 1.63. The zero-order valence-electron chi connectivity index (χ0n) is 19.0. The lowest BCUT2D eigenvalue weighted by atomic mass is 10.1. The molecule has 0 amide bonds. The highest BCUT2D eigenvalue weighted by molar-refractivity contribution is 5.62. The van der Waals surface area contributed by atoms with E-state index in [4.69, 9.17) is 9.15 Å². The predicted molar refractivity (Wildman–Crippen MR) is 122 cm³/mol. The molecule has 182 valence electrons. The van der Waals surface area contributed by atoms with Crippen LogP contribution >= 0.6 is 0 Å². The lowest BCUT2D eigenvalue weighted by Gasteiger charge is -2.24. The second kappa shape index (κ2) is 9.40. The fraction of sp³-hybridized carbons (Fsp3) is 0.333. The first-order valence-corrected chi connectivity index (χ1v) is 11.3. The lowest BCUT2D eigenvalue weighted by Crippen LogP contribution is -2.29. The minimum atomic E-state index is -4.43. The number of hydrogen-bond donors (Lipinski definition) is 0. The van der Waals surface area contributed by atoms with Crippen molar-refractivity contribution in [2.45, 2.75) is 32.0 Å². The van der Waals surface area contributed by atoms with Gasteiger partial charge in [-0.1, -0.05) is 23.3 Å². The zero-order valence-corrected chi connectivity index (χ0v) is 19.0. The van der Waals surface area contributed by atoms with E-state index in [1.54, 1.807) is 11.6 Å². The molecule has 0 N–H and O–H groups in total. The van der Waals surface area contributed by atoms with Gasteiger partial charge in [-0.2, -0.15) is 13.2 Å². The van der Waals surface area contributed by atoms with E-state index in [0.717, 1.165) is 49.2 Å². The van der Waals surface area contributed by atoms with Gasteiger partial charge in [0.05, 0.1) is 5.56 Å². The van der Waals surface area contributed by atoms with Crippen molar-refractivity contribution in [3.05, 3.63) is 59.9 Å². The third-order valence-electron chi connectivity index (χ3n) is 5.93. The Labute approximate surface area is 199 Å². The molecule has 11 heteroatoms. The third kappa shape index (κ3) is 4.98. The number of alkyl halides is 3. The van der Waals surface area contributed by atoms with Crippen LogP contribution < -0.4 is 9.64 Å². The summed E-state index contributed by atoms with van der Waals surface area (Å²) in [4.78, 5) is 2.11. The van der Waals surface area contributed by atoms with Crippen LogP contribution in [0.3, 0.4) is 0 Å². The monoisotopic (exact) mass is 484 g/mol. The summed E-state index contributed by atoms with van der Waals surface area (Å²) in [6.07, 6.45) is -0.964. The molecule has 2 aromatic heterocycles. The molecule has 5 rings (SSSR count). The summed E-state index contributed by atoms with van der Waals surface area (Å²) >= 11 is 0. The van der Waals surface area contributed by atoms with Gasteiger partial charge in [-0.25, -0.2) is 0 Å². The Morgan fingerprint density at radius 1 is 0.914 bits per heavy atom. The maximum Gasteiger partial charge on any atom is 0.416 e. The Morgan fingerprint density at radius 3 is 2.40 bits per heavy atom. The number of anilines is 1. The minimum absolute atomic E-state index is 0.0237. The summed E-state index contributed by atoms with van der Waals surface area (Å²) in [6, 6.07) is 12.8. The van der Waals surface area contributed by atoms with Crippen LogP contribution in [0.5, 0.6) is 5.75 Å². The van der Waals surface area contributed by atoms with Crippen molar-refractivity contribution < 1.29 is 22.3 Å². The van der Waals surface area contributed by atoms with Gasteiger partial charge in [-0.05, 0) is 49.6 Å². The molecule has 35 heavy (non-hydrogen) atoms. The van der Waals surface area contributed by atoms with Gasteiger partial charge in [-0.3, -0.25) is 0 Å². The molecule has 0 saturated carbocycles. The van der Waals surface area contributed by atoms with Gasteiger partial charge in [0.25, 0.3) is 0 Å². The lowest BCUT2D eigenvalue weighted by molar-refractivity contribution is -0.137. The van der Waals surface area contributed by atoms with E-state index in [2.05, 4.69) is 25.3 Å². The van der Waals surface area contributed by atoms with Crippen molar-refractivity contribution in [1.82, 2.24) is 25.0 Å². The number of piperidine rings is 1. The molecule has 0 aliphatic carbocycles. The van der Waals surface area contributed by atoms with E-state index in [1.165, 1.54) is 18.6 Å². The van der Waals surface area contributed by atoms with Gasteiger partial charge in [0.1, 0.15) is 12.4 Å². The first-order valence-electron chi connectivity index (χ1n) is 11.3. The molecule has 1 fully saturated rings. The fourth-order valence-electron chi connectivity index (χ4n) is 3.96. The van der Waals surface area contributed by atoms with Crippen LogP contribution in [0.15, 0.2) is 52.9 Å². The van der Waals surface area contributed by atoms with Crippen LogP contribution in [0.4, 0.5) is 19.2 Å². The number of rotatable bonds is 6. The molecule has 8 nitrogen and oxygen atoms in total. The second-order valence-corrected chi connectivity index (χ2v) is 8.33. The van der Waals surface area contributed by atoms with Crippen LogP contribution in [0.25, 0.3) is 22.8 Å². The molecular weight excluding hydrogens is 461 g/mol. The summed E-state index contributed by atoms with van der Waals surface area (Å²) in [5.41, 5.74) is 0.836. The van der Waals surface area contributed by atoms with Gasteiger partial charge in [0.2, 0.25) is 5.89 Å². The minimum Gasteiger partial charge on any atom is -0.486 e. The van der Waals surface area contributed by atoms with Crippen molar-refractivity contribution in [3.63, 3.8) is 0 Å². The summed E-state index contributed by atoms with van der Waals surface area (Å²) in [5, 5.41) is 16.7. The van der Waals surface area contributed by atoms with Crippen molar-refractivity contribution in [2.75, 3.05) is 18.0 Å². The molecule has 0 unspecified atom stereocenters. The van der Waals surface area contributed by atoms with Crippen molar-refractivity contribution in [3.8, 4) is 28.6 Å². The smallest absolute Gasteiger partial charge is 0.416 e. The number of aromatic nitrogens is 5. The normalized spacial score (nSPS) is 14.3. The average Bonchev–Trinajstić information content (AvgIpc) is 3.50. The molecule has 3 heterocycles. The number of hydrogen-bond acceptors (Lipinski definition) is 7. The quantitative estimate of drug-likeness (QED) is 0.376. The average molecular weight is 484 g/mol. The highest BCUT2D eigenvalue weighted by Crippen LogP contribution is 2.31. The topological polar surface area (TPSA) is 82.1 Å². The largest absolute Gasteiger partial charge is 0.486 e. The maximum absolute atomic E-state index is 12.9. The first kappa shape index (κ1) is 22.9. The molecule has 4 aromatic rings. The summed E-state index contributed by atoms with van der Waals surface area (Å²) in [6.45, 7) is 1.82. The Kier molecular flexibility index (Phi) is 6.14. The van der Waals surface area contributed by atoms with Gasteiger partial charge in [0.15, 0.2) is 11.6 Å². The number of benzene rings is 2.